The standard InChI is InChI=1S/C19H21BrN2O/c1-13(15-6-5-7-17(20)12-15)21-22-18(23)14-8-10-16(11-9-14)19(2,3)4/h5-12H,1-4H3,(H,22,23)/b21-13+. The number of benzene rings is 2. The summed E-state index contributed by atoms with van der Waals surface area (Å²) in [6.45, 7) is 8.31. The van der Waals surface area contributed by atoms with Crippen LogP contribution < -0.4 is 5.43 Å². The maximum absolute atomic E-state index is 12.2. The summed E-state index contributed by atoms with van der Waals surface area (Å²) in [5.74, 6) is -0.209. The number of carbonyl (C=O) groups is 1. The molecule has 0 aliphatic rings. The maximum Gasteiger partial charge on any atom is 0.271 e. The molecule has 1 N–H and O–H groups in total. The molecule has 0 aliphatic heterocycles. The zero-order chi connectivity index (χ0) is 17.0. The van der Waals surface area contributed by atoms with Gasteiger partial charge in [-0.3, -0.25) is 4.79 Å². The highest BCUT2D eigenvalue weighted by molar-refractivity contribution is 9.10. The molecule has 0 atom stereocenters. The number of nitrogens with one attached hydrogen (secondary N) is 1. The predicted molar refractivity (Wildman–Crippen MR) is 99.0 cm³/mol. The lowest BCUT2D eigenvalue weighted by molar-refractivity contribution is 0.0955. The van der Waals surface area contributed by atoms with E-state index in [1.165, 1.54) is 5.56 Å². The Kier molecular flexibility index (Phi) is 5.37. The molecule has 2 aromatic rings. The van der Waals surface area contributed by atoms with E-state index in [2.05, 4.69) is 47.2 Å². The van der Waals surface area contributed by atoms with Gasteiger partial charge in [0.25, 0.3) is 5.91 Å². The zero-order valence-corrected chi connectivity index (χ0v) is 15.4. The Balaban J connectivity index is 2.08. The summed E-state index contributed by atoms with van der Waals surface area (Å²) in [6.07, 6.45) is 0. The van der Waals surface area contributed by atoms with E-state index >= 15 is 0 Å². The van der Waals surface area contributed by atoms with Gasteiger partial charge in [-0.1, -0.05) is 61.0 Å². The molecule has 2 rings (SSSR count). The molecule has 0 aliphatic carbocycles. The number of hydrogen-bond donors (Lipinski definition) is 1. The first-order valence-corrected chi connectivity index (χ1v) is 8.28. The zero-order valence-electron chi connectivity index (χ0n) is 13.9. The molecular formula is C19H21BrN2O. The Morgan fingerprint density at radius 3 is 2.26 bits per heavy atom. The Hall–Kier alpha value is -1.94. The van der Waals surface area contributed by atoms with Gasteiger partial charge in [0.15, 0.2) is 0 Å². The molecule has 0 spiro atoms. The minimum atomic E-state index is -0.209. The van der Waals surface area contributed by atoms with Gasteiger partial charge in [-0.05, 0) is 47.7 Å². The van der Waals surface area contributed by atoms with Gasteiger partial charge in [0, 0.05) is 10.0 Å². The molecule has 0 fully saturated rings. The number of carbonyl (C=O) groups excluding carboxylic acids is 1. The van der Waals surface area contributed by atoms with Crippen molar-refractivity contribution in [3.8, 4) is 0 Å². The Morgan fingerprint density at radius 2 is 1.70 bits per heavy atom. The summed E-state index contributed by atoms with van der Waals surface area (Å²) < 4.78 is 0.980. The van der Waals surface area contributed by atoms with E-state index in [0.29, 0.717) is 5.56 Å². The molecule has 0 heterocycles. The van der Waals surface area contributed by atoms with Crippen LogP contribution in [-0.2, 0) is 5.41 Å². The van der Waals surface area contributed by atoms with Gasteiger partial charge >= 0.3 is 0 Å². The molecule has 23 heavy (non-hydrogen) atoms. The first-order valence-electron chi connectivity index (χ1n) is 7.48. The van der Waals surface area contributed by atoms with E-state index in [0.717, 1.165) is 15.7 Å². The average molecular weight is 373 g/mol. The number of nitrogens with zero attached hydrogens (tertiary/aromatic N) is 1. The fourth-order valence-corrected chi connectivity index (χ4v) is 2.50. The second kappa shape index (κ2) is 7.09. The van der Waals surface area contributed by atoms with E-state index in [9.17, 15) is 4.79 Å². The van der Waals surface area contributed by atoms with Crippen LogP contribution in [0.1, 0.15) is 49.2 Å². The Bertz CT molecular complexity index is 728. The third-order valence-electron chi connectivity index (χ3n) is 3.58. The second-order valence-corrected chi connectivity index (χ2v) is 7.39. The van der Waals surface area contributed by atoms with Crippen LogP contribution in [-0.4, -0.2) is 11.6 Å². The van der Waals surface area contributed by atoms with Crippen LogP contribution in [0.4, 0.5) is 0 Å². The smallest absolute Gasteiger partial charge is 0.267 e. The number of hydrazone groups is 1. The normalized spacial score (nSPS) is 12.1. The molecule has 0 saturated heterocycles. The maximum atomic E-state index is 12.2. The highest BCUT2D eigenvalue weighted by Crippen LogP contribution is 2.22. The van der Waals surface area contributed by atoms with E-state index in [-0.39, 0.29) is 11.3 Å². The van der Waals surface area contributed by atoms with Crippen molar-refractivity contribution < 1.29 is 4.79 Å². The average Bonchev–Trinajstić information content (AvgIpc) is 2.51. The fraction of sp³-hybridized carbons (Fsp3) is 0.263. The molecule has 3 nitrogen and oxygen atoms in total. The van der Waals surface area contributed by atoms with Crippen LogP contribution in [0.2, 0.25) is 0 Å². The van der Waals surface area contributed by atoms with Crippen molar-refractivity contribution in [1.82, 2.24) is 5.43 Å². The van der Waals surface area contributed by atoms with Crippen LogP contribution in [0.3, 0.4) is 0 Å². The SMILES string of the molecule is C/C(=N\NC(=O)c1ccc(C(C)(C)C)cc1)c1cccc(Br)c1. The Morgan fingerprint density at radius 1 is 1.04 bits per heavy atom. The minimum Gasteiger partial charge on any atom is -0.267 e. The van der Waals surface area contributed by atoms with Crippen molar-refractivity contribution in [1.29, 1.82) is 0 Å². The summed E-state index contributed by atoms with van der Waals surface area (Å²) in [5, 5.41) is 4.18. The quantitative estimate of drug-likeness (QED) is 0.603. The molecule has 2 aromatic carbocycles. The van der Waals surface area contributed by atoms with E-state index in [4.69, 9.17) is 0 Å². The van der Waals surface area contributed by atoms with Gasteiger partial charge in [0.05, 0.1) is 5.71 Å². The van der Waals surface area contributed by atoms with Gasteiger partial charge in [-0.25, -0.2) is 5.43 Å². The van der Waals surface area contributed by atoms with Crippen molar-refractivity contribution in [3.05, 3.63) is 69.7 Å². The molecule has 0 radical (unpaired) electrons. The van der Waals surface area contributed by atoms with Crippen LogP contribution in [0.15, 0.2) is 58.1 Å². The number of amides is 1. The Labute approximate surface area is 145 Å². The van der Waals surface area contributed by atoms with Gasteiger partial charge in [0.1, 0.15) is 0 Å². The number of hydrogen-bond acceptors (Lipinski definition) is 2. The largest absolute Gasteiger partial charge is 0.271 e. The summed E-state index contributed by atoms with van der Waals surface area (Å²) in [6, 6.07) is 15.4. The molecule has 4 heteroatoms. The van der Waals surface area contributed by atoms with E-state index in [1.807, 2.05) is 55.5 Å². The second-order valence-electron chi connectivity index (χ2n) is 6.48. The fourth-order valence-electron chi connectivity index (χ4n) is 2.10. The molecule has 1 amide bonds. The van der Waals surface area contributed by atoms with Gasteiger partial charge in [-0.2, -0.15) is 5.10 Å². The summed E-state index contributed by atoms with van der Waals surface area (Å²) in [7, 11) is 0. The van der Waals surface area contributed by atoms with Crippen molar-refractivity contribution in [3.63, 3.8) is 0 Å². The number of rotatable bonds is 3. The van der Waals surface area contributed by atoms with Gasteiger partial charge < -0.3 is 0 Å². The van der Waals surface area contributed by atoms with Crippen molar-refractivity contribution >= 4 is 27.5 Å². The van der Waals surface area contributed by atoms with Crippen LogP contribution in [0.5, 0.6) is 0 Å². The topological polar surface area (TPSA) is 41.5 Å². The summed E-state index contributed by atoms with van der Waals surface area (Å²) >= 11 is 3.43. The van der Waals surface area contributed by atoms with Crippen LogP contribution in [0.25, 0.3) is 0 Å². The molecule has 120 valence electrons. The molecule has 0 aromatic heterocycles. The van der Waals surface area contributed by atoms with E-state index in [1.54, 1.807) is 0 Å². The molecule has 0 unspecified atom stereocenters. The lowest BCUT2D eigenvalue weighted by Crippen LogP contribution is -2.20. The minimum absolute atomic E-state index is 0.0739. The van der Waals surface area contributed by atoms with Crippen LogP contribution >= 0.6 is 15.9 Å². The summed E-state index contributed by atoms with van der Waals surface area (Å²) in [4.78, 5) is 12.2. The third kappa shape index (κ3) is 4.76. The van der Waals surface area contributed by atoms with Crippen LogP contribution in [0, 0.1) is 0 Å². The lowest BCUT2D eigenvalue weighted by Gasteiger charge is -2.18. The van der Waals surface area contributed by atoms with Crippen molar-refractivity contribution in [2.45, 2.75) is 33.1 Å². The van der Waals surface area contributed by atoms with Gasteiger partial charge in [0.2, 0.25) is 0 Å². The number of halogens is 1. The highest BCUT2D eigenvalue weighted by Gasteiger charge is 2.14. The molecular weight excluding hydrogens is 352 g/mol. The van der Waals surface area contributed by atoms with Crippen molar-refractivity contribution in [2.75, 3.05) is 0 Å². The molecule has 0 bridgehead atoms. The highest BCUT2D eigenvalue weighted by atomic mass is 79.9. The monoisotopic (exact) mass is 372 g/mol. The molecule has 0 saturated carbocycles. The van der Waals surface area contributed by atoms with E-state index < -0.39 is 0 Å². The lowest BCUT2D eigenvalue weighted by atomic mass is 9.87. The van der Waals surface area contributed by atoms with Gasteiger partial charge in [-0.15, -0.1) is 0 Å². The van der Waals surface area contributed by atoms with Crippen molar-refractivity contribution in [2.24, 2.45) is 5.10 Å². The summed E-state index contributed by atoms with van der Waals surface area (Å²) in [5.41, 5.74) is 6.20. The third-order valence-corrected chi connectivity index (χ3v) is 4.07. The first kappa shape index (κ1) is 17.4. The first-order chi connectivity index (χ1) is 10.8. The predicted octanol–water partition coefficient (Wildman–Crippen LogP) is 4.90.